The summed E-state index contributed by atoms with van der Waals surface area (Å²) in [5, 5.41) is 5.57. The third-order valence-electron chi connectivity index (χ3n) is 4.31. The average molecular weight is 390 g/mol. The van der Waals surface area contributed by atoms with E-state index in [1.54, 1.807) is 0 Å². The molecular weight excluding hydrogens is 376 g/mol. The molecule has 0 saturated heterocycles. The van der Waals surface area contributed by atoms with Crippen LogP contribution in [0.15, 0.2) is 36.4 Å². The van der Waals surface area contributed by atoms with Crippen LogP contribution in [0.4, 0.5) is 0 Å². The lowest BCUT2D eigenvalue weighted by Gasteiger charge is -2.22. The van der Waals surface area contributed by atoms with Gasteiger partial charge in [0.05, 0.1) is 4.83 Å². The highest BCUT2D eigenvalue weighted by molar-refractivity contribution is 9.12. The predicted octanol–water partition coefficient (Wildman–Crippen LogP) is 4.12. The van der Waals surface area contributed by atoms with Gasteiger partial charge in [0.25, 0.3) is 0 Å². The summed E-state index contributed by atoms with van der Waals surface area (Å²) >= 11 is 7.58. The quantitative estimate of drug-likeness (QED) is 0.594. The number of hydrogen-bond acceptors (Lipinski definition) is 0. The van der Waals surface area contributed by atoms with E-state index in [4.69, 9.17) is 0 Å². The van der Waals surface area contributed by atoms with Crippen molar-refractivity contribution >= 4 is 54.8 Å². The largest absolute Gasteiger partial charge is 0.0871 e. The van der Waals surface area contributed by atoms with Crippen LogP contribution in [-0.2, 0) is 6.42 Å². The Labute approximate surface area is 135 Å². The van der Waals surface area contributed by atoms with Crippen molar-refractivity contribution in [3.05, 3.63) is 58.0 Å². The number of benzene rings is 2. The Kier molecular flexibility index (Phi) is 3.12. The highest BCUT2D eigenvalue weighted by Gasteiger charge is 2.22. The average Bonchev–Trinajstić information content (AvgIpc) is 2.50. The zero-order valence-corrected chi connectivity index (χ0v) is 14.1. The molecule has 2 aromatic carbocycles. The molecule has 2 aliphatic carbocycles. The van der Waals surface area contributed by atoms with Crippen LogP contribution in [0, 0.1) is 0 Å². The molecule has 0 aromatic heterocycles. The van der Waals surface area contributed by atoms with Gasteiger partial charge >= 0.3 is 0 Å². The first kappa shape index (κ1) is 12.8. The third-order valence-corrected chi connectivity index (χ3v) is 7.05. The molecule has 2 unspecified atom stereocenters. The zero-order chi connectivity index (χ0) is 13.7. The van der Waals surface area contributed by atoms with Crippen LogP contribution in [0.5, 0.6) is 0 Å². The second-order valence-corrected chi connectivity index (χ2v) is 7.62. The number of halogens is 2. The van der Waals surface area contributed by atoms with E-state index in [-0.39, 0.29) is 0 Å². The van der Waals surface area contributed by atoms with E-state index in [9.17, 15) is 0 Å². The van der Waals surface area contributed by atoms with Gasteiger partial charge in [0.2, 0.25) is 0 Å². The first-order valence-electron chi connectivity index (χ1n) is 6.95. The number of fused-ring (bicyclic) bond motifs is 5. The van der Waals surface area contributed by atoms with Crippen molar-refractivity contribution in [2.75, 3.05) is 0 Å². The minimum absolute atomic E-state index is 0.395. The maximum absolute atomic E-state index is 3.83. The molecule has 2 heteroatoms. The smallest absolute Gasteiger partial charge is 0.0529 e. The van der Waals surface area contributed by atoms with Crippen LogP contribution in [0.1, 0.15) is 22.4 Å². The van der Waals surface area contributed by atoms with Gasteiger partial charge in [0.1, 0.15) is 0 Å². The number of allylic oxidation sites excluding steroid dienone is 2. The molecule has 0 spiro atoms. The molecule has 0 N–H and O–H groups in total. The number of hydrogen-bond donors (Lipinski definition) is 0. The van der Waals surface area contributed by atoms with Crippen LogP contribution in [-0.4, -0.2) is 4.83 Å². The molecule has 100 valence electrons. The van der Waals surface area contributed by atoms with Gasteiger partial charge in [-0.25, -0.2) is 0 Å². The Morgan fingerprint density at radius 3 is 2.65 bits per heavy atom. The molecule has 0 amide bonds. The highest BCUT2D eigenvalue weighted by Crippen LogP contribution is 2.35. The predicted molar refractivity (Wildman–Crippen MR) is 94.0 cm³/mol. The topological polar surface area (TPSA) is 0 Å². The fourth-order valence-electron chi connectivity index (χ4n) is 3.26. The van der Waals surface area contributed by atoms with E-state index in [0.717, 1.165) is 12.8 Å². The molecule has 2 aliphatic rings. The van der Waals surface area contributed by atoms with Crippen molar-refractivity contribution in [3.8, 4) is 0 Å². The van der Waals surface area contributed by atoms with Crippen LogP contribution in [0.25, 0.3) is 22.9 Å². The van der Waals surface area contributed by atoms with Gasteiger partial charge < -0.3 is 0 Å². The van der Waals surface area contributed by atoms with Crippen molar-refractivity contribution in [3.63, 3.8) is 0 Å². The van der Waals surface area contributed by atoms with E-state index < -0.39 is 0 Å². The van der Waals surface area contributed by atoms with E-state index in [1.165, 1.54) is 32.3 Å². The van der Waals surface area contributed by atoms with E-state index in [1.807, 2.05) is 0 Å². The molecule has 0 saturated carbocycles. The second-order valence-electron chi connectivity index (χ2n) is 5.46. The normalized spacial score (nSPS) is 23.7. The maximum atomic E-state index is 3.83. The Hall–Kier alpha value is -0.860. The Bertz CT molecular complexity index is 846. The lowest BCUT2D eigenvalue weighted by molar-refractivity contribution is 0.866. The molecular formula is C18H14Br2. The molecule has 0 radical (unpaired) electrons. The summed E-state index contributed by atoms with van der Waals surface area (Å²) in [5.41, 5.74) is 2.83. The van der Waals surface area contributed by atoms with Crippen LogP contribution < -0.4 is 10.4 Å². The minimum Gasteiger partial charge on any atom is -0.0871 e. The van der Waals surface area contributed by atoms with E-state index in [2.05, 4.69) is 80.4 Å². The summed E-state index contributed by atoms with van der Waals surface area (Å²) in [4.78, 5) is 0.881. The monoisotopic (exact) mass is 388 g/mol. The first-order valence-corrected chi connectivity index (χ1v) is 8.78. The van der Waals surface area contributed by atoms with Crippen molar-refractivity contribution < 1.29 is 0 Å². The Morgan fingerprint density at radius 2 is 1.75 bits per heavy atom. The maximum Gasteiger partial charge on any atom is 0.0529 e. The molecule has 2 aromatic rings. The van der Waals surface area contributed by atoms with Crippen LogP contribution in [0.3, 0.4) is 0 Å². The lowest BCUT2D eigenvalue weighted by Crippen LogP contribution is -2.24. The van der Waals surface area contributed by atoms with Crippen molar-refractivity contribution in [1.29, 1.82) is 0 Å². The number of rotatable bonds is 0. The summed E-state index contributed by atoms with van der Waals surface area (Å²) in [6.07, 6.45) is 11.1. The van der Waals surface area contributed by atoms with Gasteiger partial charge in [-0.2, -0.15) is 0 Å². The second kappa shape index (κ2) is 4.85. The summed E-state index contributed by atoms with van der Waals surface area (Å²) in [6, 6.07) is 9.16. The van der Waals surface area contributed by atoms with Crippen molar-refractivity contribution in [2.24, 2.45) is 0 Å². The standard InChI is InChI=1S/C18H14Br2/c19-17-10-9-15-14-6-5-11-3-1-2-4-12(11)13(14)7-8-16(15)18(17)20/h1-2,4-9,17-18H,3,10H2. The molecule has 2 atom stereocenters. The lowest BCUT2D eigenvalue weighted by atomic mass is 9.91. The molecule has 0 bridgehead atoms. The van der Waals surface area contributed by atoms with Gasteiger partial charge in [-0.05, 0) is 45.2 Å². The van der Waals surface area contributed by atoms with E-state index >= 15 is 0 Å². The van der Waals surface area contributed by atoms with Gasteiger partial charge in [-0.3, -0.25) is 0 Å². The van der Waals surface area contributed by atoms with Gasteiger partial charge in [-0.1, -0.05) is 80.4 Å². The molecule has 20 heavy (non-hydrogen) atoms. The number of alkyl halides is 2. The Balaban J connectivity index is 2.12. The summed E-state index contributed by atoms with van der Waals surface area (Å²) in [6.45, 7) is 0. The molecule has 0 fully saturated rings. The molecule has 4 rings (SSSR count). The van der Waals surface area contributed by atoms with Crippen LogP contribution in [0.2, 0.25) is 0 Å². The molecule has 0 aliphatic heterocycles. The van der Waals surface area contributed by atoms with Gasteiger partial charge in [0.15, 0.2) is 0 Å². The van der Waals surface area contributed by atoms with Gasteiger partial charge in [0, 0.05) is 4.83 Å². The van der Waals surface area contributed by atoms with Crippen molar-refractivity contribution in [2.45, 2.75) is 22.5 Å². The summed E-state index contributed by atoms with van der Waals surface area (Å²) in [7, 11) is 0. The molecule has 0 nitrogen and oxygen atoms in total. The third kappa shape index (κ3) is 1.85. The van der Waals surface area contributed by atoms with E-state index in [0.29, 0.717) is 9.65 Å². The zero-order valence-electron chi connectivity index (χ0n) is 10.9. The minimum atomic E-state index is 0.395. The fraction of sp³-hybridized carbons (Fsp3) is 0.222. The van der Waals surface area contributed by atoms with Crippen LogP contribution >= 0.6 is 31.9 Å². The fourth-order valence-corrected chi connectivity index (χ4v) is 4.35. The first-order chi connectivity index (χ1) is 9.75. The molecule has 0 heterocycles. The van der Waals surface area contributed by atoms with Gasteiger partial charge in [-0.15, -0.1) is 0 Å². The summed E-state index contributed by atoms with van der Waals surface area (Å²) in [5.74, 6) is 0. The highest BCUT2D eigenvalue weighted by atomic mass is 79.9. The Morgan fingerprint density at radius 1 is 0.950 bits per heavy atom. The SMILES string of the molecule is BrC1CC=c2c(ccc3c4c(ccc23)CC=CC=4)C1Br. The summed E-state index contributed by atoms with van der Waals surface area (Å²) < 4.78 is 0. The van der Waals surface area contributed by atoms with Crippen molar-refractivity contribution in [1.82, 2.24) is 0 Å².